The first kappa shape index (κ1) is 13.3. The fourth-order valence-electron chi connectivity index (χ4n) is 1.80. The first-order chi connectivity index (χ1) is 8.99. The molecule has 1 unspecified atom stereocenters. The third kappa shape index (κ3) is 3.19. The average Bonchev–Trinajstić information content (AvgIpc) is 2.37. The Morgan fingerprint density at radius 1 is 1.21 bits per heavy atom. The van der Waals surface area contributed by atoms with Gasteiger partial charge >= 0.3 is 0 Å². The van der Waals surface area contributed by atoms with Crippen molar-refractivity contribution in [2.45, 2.75) is 5.79 Å². The molecule has 1 atom stereocenters. The molecule has 0 saturated heterocycles. The van der Waals surface area contributed by atoms with E-state index in [0.29, 0.717) is 5.56 Å². The van der Waals surface area contributed by atoms with Gasteiger partial charge in [-0.2, -0.15) is 0 Å². The van der Waals surface area contributed by atoms with Crippen LogP contribution in [0.4, 0.5) is 0 Å². The van der Waals surface area contributed by atoms with E-state index in [1.54, 1.807) is 24.3 Å². The smallest absolute Gasteiger partial charge is 0.196 e. The van der Waals surface area contributed by atoms with Gasteiger partial charge < -0.3 is 15.3 Å². The van der Waals surface area contributed by atoms with Crippen LogP contribution in [0.25, 0.3) is 0 Å². The minimum Gasteiger partial charge on any atom is -0.508 e. The molecule has 1 aliphatic rings. The van der Waals surface area contributed by atoms with Crippen LogP contribution in [0.1, 0.15) is 10.4 Å². The zero-order valence-corrected chi connectivity index (χ0v) is 10.1. The molecule has 2 rings (SSSR count). The van der Waals surface area contributed by atoms with Crippen LogP contribution in [0.2, 0.25) is 0 Å². The van der Waals surface area contributed by atoms with Crippen LogP contribution in [0, 0.1) is 5.92 Å². The van der Waals surface area contributed by atoms with Crippen molar-refractivity contribution in [2.75, 3.05) is 0 Å². The number of rotatable bonds is 3. The standard InChI is InChI=1S/C15H14O4/c16-13-8-6-12(15(18,19)10-13)7-9-14(17)11-4-2-1-3-5-11/h1-10,12,16,18-19H/b9-7+. The van der Waals surface area contributed by atoms with Crippen molar-refractivity contribution in [2.24, 2.45) is 5.92 Å². The van der Waals surface area contributed by atoms with Gasteiger partial charge in [0.25, 0.3) is 0 Å². The molecular weight excluding hydrogens is 244 g/mol. The molecule has 3 N–H and O–H groups in total. The maximum atomic E-state index is 11.8. The number of aliphatic hydroxyl groups is 3. The third-order valence-corrected chi connectivity index (χ3v) is 2.84. The summed E-state index contributed by atoms with van der Waals surface area (Å²) < 4.78 is 0. The molecule has 4 heteroatoms. The first-order valence-electron chi connectivity index (χ1n) is 5.81. The van der Waals surface area contributed by atoms with E-state index in [9.17, 15) is 20.1 Å². The summed E-state index contributed by atoms with van der Waals surface area (Å²) in [5.41, 5.74) is 0.526. The van der Waals surface area contributed by atoms with Gasteiger partial charge in [0.1, 0.15) is 5.76 Å². The first-order valence-corrected chi connectivity index (χ1v) is 5.81. The van der Waals surface area contributed by atoms with E-state index < -0.39 is 11.7 Å². The molecule has 0 fully saturated rings. The van der Waals surface area contributed by atoms with Gasteiger partial charge in [-0.15, -0.1) is 0 Å². The molecule has 0 aliphatic heterocycles. The predicted molar refractivity (Wildman–Crippen MR) is 70.4 cm³/mol. The molecule has 0 amide bonds. The molecule has 98 valence electrons. The second-order valence-electron chi connectivity index (χ2n) is 4.33. The van der Waals surface area contributed by atoms with E-state index >= 15 is 0 Å². The van der Waals surface area contributed by atoms with Gasteiger partial charge in [-0.1, -0.05) is 42.5 Å². The Bertz CT molecular complexity index is 553. The Morgan fingerprint density at radius 3 is 2.53 bits per heavy atom. The minimum atomic E-state index is -2.19. The zero-order chi connectivity index (χ0) is 13.9. The van der Waals surface area contributed by atoms with E-state index in [1.165, 1.54) is 24.3 Å². The second kappa shape index (κ2) is 5.22. The molecule has 0 heterocycles. The Hall–Kier alpha value is -2.17. The highest BCUT2D eigenvalue weighted by Gasteiger charge is 2.31. The summed E-state index contributed by atoms with van der Waals surface area (Å²) in [5, 5.41) is 28.6. The lowest BCUT2D eigenvalue weighted by Crippen LogP contribution is -2.35. The number of hydrogen-bond acceptors (Lipinski definition) is 4. The van der Waals surface area contributed by atoms with Crippen molar-refractivity contribution < 1.29 is 20.1 Å². The number of allylic oxidation sites excluding steroid dienone is 2. The van der Waals surface area contributed by atoms with Gasteiger partial charge in [0.15, 0.2) is 11.6 Å². The topological polar surface area (TPSA) is 77.8 Å². The average molecular weight is 258 g/mol. The number of carbonyl (C=O) groups is 1. The van der Waals surface area contributed by atoms with Crippen LogP contribution in [0.3, 0.4) is 0 Å². The molecule has 0 radical (unpaired) electrons. The van der Waals surface area contributed by atoms with Crippen LogP contribution in [0.5, 0.6) is 0 Å². The number of carbonyl (C=O) groups excluding carboxylic acids is 1. The van der Waals surface area contributed by atoms with Crippen LogP contribution in [0.15, 0.2) is 66.5 Å². The van der Waals surface area contributed by atoms with Gasteiger partial charge in [-0.05, 0) is 12.2 Å². The summed E-state index contributed by atoms with van der Waals surface area (Å²) in [6, 6.07) is 8.68. The molecule has 1 aromatic carbocycles. The molecule has 0 saturated carbocycles. The SMILES string of the molecule is O=C(/C=C/C1C=CC(O)=CC1(O)O)c1ccccc1. The second-order valence-corrected chi connectivity index (χ2v) is 4.33. The number of benzene rings is 1. The summed E-state index contributed by atoms with van der Waals surface area (Å²) in [5.74, 6) is -3.41. The summed E-state index contributed by atoms with van der Waals surface area (Å²) >= 11 is 0. The Morgan fingerprint density at radius 2 is 1.89 bits per heavy atom. The van der Waals surface area contributed by atoms with Crippen molar-refractivity contribution in [3.63, 3.8) is 0 Å². The maximum Gasteiger partial charge on any atom is 0.196 e. The lowest BCUT2D eigenvalue weighted by Gasteiger charge is -2.26. The van der Waals surface area contributed by atoms with Crippen molar-refractivity contribution in [3.05, 3.63) is 72.0 Å². The van der Waals surface area contributed by atoms with Gasteiger partial charge in [-0.25, -0.2) is 0 Å². The monoisotopic (exact) mass is 258 g/mol. The molecule has 0 bridgehead atoms. The fourth-order valence-corrected chi connectivity index (χ4v) is 1.80. The van der Waals surface area contributed by atoms with Gasteiger partial charge in [0.05, 0.1) is 5.92 Å². The van der Waals surface area contributed by atoms with Gasteiger partial charge in [0, 0.05) is 11.6 Å². The molecule has 0 aromatic heterocycles. The zero-order valence-electron chi connectivity index (χ0n) is 10.1. The molecule has 0 spiro atoms. The van der Waals surface area contributed by atoms with E-state index in [-0.39, 0.29) is 11.5 Å². The van der Waals surface area contributed by atoms with Crippen molar-refractivity contribution in [3.8, 4) is 0 Å². The van der Waals surface area contributed by atoms with E-state index in [4.69, 9.17) is 0 Å². The van der Waals surface area contributed by atoms with E-state index in [2.05, 4.69) is 0 Å². The highest BCUT2D eigenvalue weighted by molar-refractivity contribution is 6.04. The third-order valence-electron chi connectivity index (χ3n) is 2.84. The van der Waals surface area contributed by atoms with Crippen molar-refractivity contribution >= 4 is 5.78 Å². The van der Waals surface area contributed by atoms with Crippen LogP contribution < -0.4 is 0 Å². The summed E-state index contributed by atoms with van der Waals surface area (Å²) in [6.45, 7) is 0. The van der Waals surface area contributed by atoms with Crippen LogP contribution in [-0.4, -0.2) is 26.9 Å². The summed E-state index contributed by atoms with van der Waals surface area (Å²) in [6.07, 6.45) is 6.39. The molecule has 19 heavy (non-hydrogen) atoms. The largest absolute Gasteiger partial charge is 0.508 e. The highest BCUT2D eigenvalue weighted by atomic mass is 16.5. The quantitative estimate of drug-likeness (QED) is 0.438. The number of hydrogen-bond donors (Lipinski definition) is 3. The normalized spacial score (nSPS) is 21.4. The lowest BCUT2D eigenvalue weighted by atomic mass is 9.92. The lowest BCUT2D eigenvalue weighted by molar-refractivity contribution is -0.138. The van der Waals surface area contributed by atoms with E-state index in [1.807, 2.05) is 6.07 Å². The van der Waals surface area contributed by atoms with Crippen molar-refractivity contribution in [1.82, 2.24) is 0 Å². The molecular formula is C15H14O4. The van der Waals surface area contributed by atoms with Gasteiger partial charge in [-0.3, -0.25) is 4.79 Å². The number of aliphatic hydroxyl groups excluding tert-OH is 1. The molecule has 4 nitrogen and oxygen atoms in total. The number of ketones is 1. The summed E-state index contributed by atoms with van der Waals surface area (Å²) in [7, 11) is 0. The minimum absolute atomic E-state index is 0.218. The Kier molecular flexibility index (Phi) is 3.64. The Labute approximate surface area is 110 Å². The van der Waals surface area contributed by atoms with Crippen LogP contribution in [-0.2, 0) is 0 Å². The molecule has 1 aliphatic carbocycles. The highest BCUT2D eigenvalue weighted by Crippen LogP contribution is 2.25. The molecule has 1 aromatic rings. The fraction of sp³-hybridized carbons (Fsp3) is 0.133. The maximum absolute atomic E-state index is 11.8. The van der Waals surface area contributed by atoms with Crippen molar-refractivity contribution in [1.29, 1.82) is 0 Å². The van der Waals surface area contributed by atoms with E-state index in [0.717, 1.165) is 6.08 Å². The Balaban J connectivity index is 2.12. The van der Waals surface area contributed by atoms with Crippen LogP contribution >= 0.6 is 0 Å². The van der Waals surface area contributed by atoms with Gasteiger partial charge in [0.2, 0.25) is 0 Å². The summed E-state index contributed by atoms with van der Waals surface area (Å²) in [4.78, 5) is 11.8. The predicted octanol–water partition coefficient (Wildman–Crippen LogP) is 1.73.